The Morgan fingerprint density at radius 1 is 1.42 bits per heavy atom. The molecule has 0 saturated carbocycles. The summed E-state index contributed by atoms with van der Waals surface area (Å²) in [5.41, 5.74) is 1.16. The fourth-order valence-electron chi connectivity index (χ4n) is 2.10. The van der Waals surface area contributed by atoms with Crippen molar-refractivity contribution in [1.82, 2.24) is 10.2 Å². The molecule has 0 aliphatic carbocycles. The first-order valence-electron chi connectivity index (χ1n) is 6.52. The molecule has 19 heavy (non-hydrogen) atoms. The lowest BCUT2D eigenvalue weighted by molar-refractivity contribution is -0.134. The van der Waals surface area contributed by atoms with Crippen molar-refractivity contribution in [3.63, 3.8) is 0 Å². The Labute approximate surface area is 122 Å². The standard InChI is InChI=1S/C14H19BrN2O2/c1-11(12-4-2-3-5-13(12)15)16-10-14(18)17-6-8-19-9-7-17/h2-5,11,16H,6-10H2,1H3/t11-/m1/s1. The average Bonchev–Trinajstić information content (AvgIpc) is 2.46. The van der Waals surface area contributed by atoms with Gasteiger partial charge >= 0.3 is 0 Å². The summed E-state index contributed by atoms with van der Waals surface area (Å²) >= 11 is 3.53. The number of rotatable bonds is 4. The average molecular weight is 327 g/mol. The number of hydrogen-bond donors (Lipinski definition) is 1. The molecule has 1 saturated heterocycles. The number of nitrogens with zero attached hydrogens (tertiary/aromatic N) is 1. The quantitative estimate of drug-likeness (QED) is 0.919. The third-order valence-electron chi connectivity index (χ3n) is 3.29. The third kappa shape index (κ3) is 4.03. The normalized spacial score (nSPS) is 17.3. The fraction of sp³-hybridized carbons (Fsp3) is 0.500. The van der Waals surface area contributed by atoms with E-state index < -0.39 is 0 Å². The SMILES string of the molecule is C[C@@H](NCC(=O)N1CCOCC1)c1ccccc1Br. The van der Waals surface area contributed by atoms with Crippen LogP contribution >= 0.6 is 15.9 Å². The lowest BCUT2D eigenvalue weighted by Crippen LogP contribution is -2.45. The number of carbonyl (C=O) groups excluding carboxylic acids is 1. The zero-order valence-corrected chi connectivity index (χ0v) is 12.6. The Bertz CT molecular complexity index is 433. The van der Waals surface area contributed by atoms with Gasteiger partial charge in [0.2, 0.25) is 5.91 Å². The number of ether oxygens (including phenoxy) is 1. The number of hydrogen-bond acceptors (Lipinski definition) is 3. The Balaban J connectivity index is 1.84. The third-order valence-corrected chi connectivity index (χ3v) is 4.02. The summed E-state index contributed by atoms with van der Waals surface area (Å²) in [6.45, 7) is 5.11. The molecule has 2 rings (SSSR count). The highest BCUT2D eigenvalue weighted by molar-refractivity contribution is 9.10. The molecule has 0 aromatic heterocycles. The summed E-state index contributed by atoms with van der Waals surface area (Å²) in [5, 5.41) is 3.27. The van der Waals surface area contributed by atoms with Crippen molar-refractivity contribution in [3.8, 4) is 0 Å². The van der Waals surface area contributed by atoms with E-state index in [2.05, 4.69) is 34.2 Å². The maximum atomic E-state index is 12.0. The molecular weight excluding hydrogens is 308 g/mol. The van der Waals surface area contributed by atoms with Crippen LogP contribution in [0.2, 0.25) is 0 Å². The molecule has 1 atom stereocenters. The molecule has 0 spiro atoms. The summed E-state index contributed by atoms with van der Waals surface area (Å²) < 4.78 is 6.30. The summed E-state index contributed by atoms with van der Waals surface area (Å²) in [5.74, 6) is 0.141. The molecule has 1 N–H and O–H groups in total. The monoisotopic (exact) mass is 326 g/mol. The second-order valence-electron chi connectivity index (χ2n) is 4.62. The van der Waals surface area contributed by atoms with Crippen molar-refractivity contribution < 1.29 is 9.53 Å². The van der Waals surface area contributed by atoms with E-state index in [9.17, 15) is 4.79 Å². The van der Waals surface area contributed by atoms with Gasteiger partial charge in [0, 0.05) is 23.6 Å². The van der Waals surface area contributed by atoms with Gasteiger partial charge in [-0.3, -0.25) is 4.79 Å². The summed E-state index contributed by atoms with van der Waals surface area (Å²) in [6.07, 6.45) is 0. The molecule has 1 aliphatic heterocycles. The predicted octanol–water partition coefficient (Wildman–Crippen LogP) is 1.96. The van der Waals surface area contributed by atoms with E-state index in [1.807, 2.05) is 23.1 Å². The van der Waals surface area contributed by atoms with Gasteiger partial charge in [-0.1, -0.05) is 34.1 Å². The first-order valence-corrected chi connectivity index (χ1v) is 7.31. The van der Waals surface area contributed by atoms with Crippen molar-refractivity contribution >= 4 is 21.8 Å². The fourth-order valence-corrected chi connectivity index (χ4v) is 2.73. The molecule has 5 heteroatoms. The molecule has 0 bridgehead atoms. The molecule has 1 aromatic carbocycles. The minimum Gasteiger partial charge on any atom is -0.378 e. The van der Waals surface area contributed by atoms with Crippen LogP contribution in [0.15, 0.2) is 28.7 Å². The molecule has 0 radical (unpaired) electrons. The molecule has 1 aromatic rings. The van der Waals surface area contributed by atoms with Gasteiger partial charge in [-0.2, -0.15) is 0 Å². The van der Waals surface area contributed by atoms with E-state index in [0.717, 1.165) is 10.0 Å². The molecular formula is C14H19BrN2O2. The van der Waals surface area contributed by atoms with E-state index in [1.54, 1.807) is 0 Å². The van der Waals surface area contributed by atoms with E-state index in [1.165, 1.54) is 0 Å². The van der Waals surface area contributed by atoms with Crippen LogP contribution in [0.4, 0.5) is 0 Å². The van der Waals surface area contributed by atoms with Crippen LogP contribution in [0.3, 0.4) is 0 Å². The number of halogens is 1. The van der Waals surface area contributed by atoms with Gasteiger partial charge in [0.05, 0.1) is 19.8 Å². The van der Waals surface area contributed by atoms with Crippen LogP contribution in [0.25, 0.3) is 0 Å². The molecule has 4 nitrogen and oxygen atoms in total. The van der Waals surface area contributed by atoms with E-state index in [-0.39, 0.29) is 11.9 Å². The maximum Gasteiger partial charge on any atom is 0.236 e. The number of morpholine rings is 1. The Morgan fingerprint density at radius 2 is 2.11 bits per heavy atom. The first kappa shape index (κ1) is 14.5. The van der Waals surface area contributed by atoms with Gasteiger partial charge in [0.1, 0.15) is 0 Å². The van der Waals surface area contributed by atoms with Crippen LogP contribution in [0.5, 0.6) is 0 Å². The minimum absolute atomic E-state index is 0.139. The first-order chi connectivity index (χ1) is 9.18. The molecule has 1 fully saturated rings. The largest absolute Gasteiger partial charge is 0.378 e. The lowest BCUT2D eigenvalue weighted by atomic mass is 10.1. The topological polar surface area (TPSA) is 41.6 Å². The van der Waals surface area contributed by atoms with Gasteiger partial charge in [0.25, 0.3) is 0 Å². The smallest absolute Gasteiger partial charge is 0.236 e. The van der Waals surface area contributed by atoms with E-state index in [0.29, 0.717) is 32.8 Å². The minimum atomic E-state index is 0.139. The lowest BCUT2D eigenvalue weighted by Gasteiger charge is -2.27. The second kappa shape index (κ2) is 7.03. The number of carbonyl (C=O) groups is 1. The Hall–Kier alpha value is -0.910. The number of benzene rings is 1. The summed E-state index contributed by atoms with van der Waals surface area (Å²) in [6, 6.07) is 8.19. The zero-order valence-electron chi connectivity index (χ0n) is 11.1. The zero-order chi connectivity index (χ0) is 13.7. The predicted molar refractivity (Wildman–Crippen MR) is 78.0 cm³/mol. The van der Waals surface area contributed by atoms with Crippen LogP contribution in [0, 0.1) is 0 Å². The van der Waals surface area contributed by atoms with Crippen molar-refractivity contribution in [2.75, 3.05) is 32.8 Å². The van der Waals surface area contributed by atoms with Crippen LogP contribution in [-0.4, -0.2) is 43.7 Å². The molecule has 1 amide bonds. The van der Waals surface area contributed by atoms with Gasteiger partial charge in [-0.05, 0) is 18.6 Å². The molecule has 0 unspecified atom stereocenters. The van der Waals surface area contributed by atoms with Crippen molar-refractivity contribution in [3.05, 3.63) is 34.3 Å². The maximum absolute atomic E-state index is 12.0. The van der Waals surface area contributed by atoms with E-state index >= 15 is 0 Å². The summed E-state index contributed by atoms with van der Waals surface area (Å²) in [4.78, 5) is 13.9. The van der Waals surface area contributed by atoms with Crippen molar-refractivity contribution in [1.29, 1.82) is 0 Å². The van der Waals surface area contributed by atoms with Crippen LogP contribution in [0.1, 0.15) is 18.5 Å². The molecule has 1 heterocycles. The van der Waals surface area contributed by atoms with Gasteiger partial charge in [-0.25, -0.2) is 0 Å². The van der Waals surface area contributed by atoms with Gasteiger partial charge < -0.3 is 15.0 Å². The van der Waals surface area contributed by atoms with Gasteiger partial charge in [-0.15, -0.1) is 0 Å². The van der Waals surface area contributed by atoms with Crippen LogP contribution < -0.4 is 5.32 Å². The Morgan fingerprint density at radius 3 is 2.79 bits per heavy atom. The number of nitrogens with one attached hydrogen (secondary N) is 1. The highest BCUT2D eigenvalue weighted by atomic mass is 79.9. The van der Waals surface area contributed by atoms with E-state index in [4.69, 9.17) is 4.74 Å². The van der Waals surface area contributed by atoms with Crippen LogP contribution in [-0.2, 0) is 9.53 Å². The van der Waals surface area contributed by atoms with Crippen molar-refractivity contribution in [2.45, 2.75) is 13.0 Å². The molecule has 1 aliphatic rings. The molecule has 104 valence electrons. The Kier molecular flexibility index (Phi) is 5.36. The number of amides is 1. The highest BCUT2D eigenvalue weighted by Crippen LogP contribution is 2.22. The highest BCUT2D eigenvalue weighted by Gasteiger charge is 2.17. The second-order valence-corrected chi connectivity index (χ2v) is 5.47. The van der Waals surface area contributed by atoms with Gasteiger partial charge in [0.15, 0.2) is 0 Å². The van der Waals surface area contributed by atoms with Crippen molar-refractivity contribution in [2.24, 2.45) is 0 Å². The summed E-state index contributed by atoms with van der Waals surface area (Å²) in [7, 11) is 0.